The maximum Gasteiger partial charge on any atom is 0.284 e. The van der Waals surface area contributed by atoms with Gasteiger partial charge in [-0.25, -0.2) is 19.6 Å². The second kappa shape index (κ2) is 10.8. The number of thioether (sulfide) groups is 1. The Bertz CT molecular complexity index is 898. The van der Waals surface area contributed by atoms with Gasteiger partial charge in [-0.1, -0.05) is 17.8 Å². The number of benzene rings is 1. The van der Waals surface area contributed by atoms with E-state index in [1.165, 1.54) is 29.2 Å². The number of hydrogen-bond donors (Lipinski definition) is 3. The van der Waals surface area contributed by atoms with Gasteiger partial charge in [-0.3, -0.25) is 19.9 Å². The number of nitrogens with zero attached hydrogens (tertiary/aromatic N) is 2. The summed E-state index contributed by atoms with van der Waals surface area (Å²) in [6, 6.07) is 3.87. The van der Waals surface area contributed by atoms with Crippen LogP contribution in [0.1, 0.15) is 16.1 Å². The maximum atomic E-state index is 13.4. The Labute approximate surface area is 180 Å². The predicted octanol–water partition coefficient (Wildman–Crippen LogP) is 1.13. The summed E-state index contributed by atoms with van der Waals surface area (Å²) in [5.41, 5.74) is 2.90. The number of morpholine rings is 1. The molecular formula is C18H21F2N5O3S2. The van der Waals surface area contributed by atoms with Crippen molar-refractivity contribution in [3.63, 3.8) is 0 Å². The molecule has 12 heteroatoms. The van der Waals surface area contributed by atoms with Crippen molar-refractivity contribution in [3.05, 3.63) is 46.5 Å². The van der Waals surface area contributed by atoms with Crippen LogP contribution in [0.25, 0.3) is 0 Å². The largest absolute Gasteiger partial charge is 0.374 e. The highest BCUT2D eigenvalue weighted by atomic mass is 32.2. The van der Waals surface area contributed by atoms with Gasteiger partial charge in [0.25, 0.3) is 5.91 Å². The van der Waals surface area contributed by atoms with Gasteiger partial charge in [0, 0.05) is 31.6 Å². The molecule has 162 valence electrons. The number of nitrogens with two attached hydrogens (primary N) is 1. The van der Waals surface area contributed by atoms with Gasteiger partial charge in [0.2, 0.25) is 5.91 Å². The summed E-state index contributed by atoms with van der Waals surface area (Å²) < 4.78 is 32.7. The van der Waals surface area contributed by atoms with E-state index in [0.29, 0.717) is 42.7 Å². The lowest BCUT2D eigenvalue weighted by Crippen LogP contribution is -2.47. The van der Waals surface area contributed by atoms with Crippen LogP contribution < -0.4 is 16.6 Å². The first-order valence-electron chi connectivity index (χ1n) is 9.08. The average Bonchev–Trinajstić information content (AvgIpc) is 3.22. The van der Waals surface area contributed by atoms with Crippen LogP contribution in [0.4, 0.5) is 8.78 Å². The molecule has 0 radical (unpaired) electrons. The highest BCUT2D eigenvalue weighted by Gasteiger charge is 2.21. The summed E-state index contributed by atoms with van der Waals surface area (Å²) in [5, 5.41) is 4.39. The number of nitrogens with one attached hydrogen (secondary N) is 2. The number of halogens is 2. The number of rotatable bonds is 8. The van der Waals surface area contributed by atoms with Gasteiger partial charge in [0.05, 0.1) is 18.5 Å². The lowest BCUT2D eigenvalue weighted by Gasteiger charge is -2.33. The van der Waals surface area contributed by atoms with E-state index >= 15 is 0 Å². The normalized spacial score (nSPS) is 17.0. The van der Waals surface area contributed by atoms with Crippen molar-refractivity contribution < 1.29 is 23.1 Å². The summed E-state index contributed by atoms with van der Waals surface area (Å²) in [6.07, 6.45) is -0.197. The topological polar surface area (TPSA) is 110 Å². The first-order chi connectivity index (χ1) is 14.4. The lowest BCUT2D eigenvalue weighted by atomic mass is 10.1. The third-order valence-corrected chi connectivity index (χ3v) is 6.33. The number of amides is 2. The Morgan fingerprint density at radius 1 is 1.37 bits per heavy atom. The third-order valence-electron chi connectivity index (χ3n) is 4.31. The van der Waals surface area contributed by atoms with Crippen LogP contribution in [-0.4, -0.2) is 59.8 Å². The molecule has 2 aromatic rings. The highest BCUT2D eigenvalue weighted by molar-refractivity contribution is 8.01. The SMILES string of the molecule is NNC(=O)c1csc(SCC(=O)NC[C@H]2CN(Cc3ccc(F)c(F)c3)CCO2)n1. The molecule has 0 saturated carbocycles. The van der Waals surface area contributed by atoms with Crippen molar-refractivity contribution in [2.45, 2.75) is 17.0 Å². The Morgan fingerprint density at radius 2 is 2.20 bits per heavy atom. The predicted molar refractivity (Wildman–Crippen MR) is 109 cm³/mol. The molecule has 0 bridgehead atoms. The monoisotopic (exact) mass is 457 g/mol. The van der Waals surface area contributed by atoms with Crippen LogP contribution in [0.2, 0.25) is 0 Å². The zero-order valence-electron chi connectivity index (χ0n) is 15.9. The summed E-state index contributed by atoms with van der Waals surface area (Å²) in [7, 11) is 0. The maximum absolute atomic E-state index is 13.4. The van der Waals surface area contributed by atoms with E-state index in [9.17, 15) is 18.4 Å². The minimum absolute atomic E-state index is 0.155. The first kappa shape index (κ1) is 22.6. The molecule has 4 N–H and O–H groups in total. The number of thiazole rings is 1. The molecule has 8 nitrogen and oxygen atoms in total. The van der Waals surface area contributed by atoms with Gasteiger partial charge in [0.15, 0.2) is 16.0 Å². The van der Waals surface area contributed by atoms with Crippen molar-refractivity contribution in [2.75, 3.05) is 32.0 Å². The summed E-state index contributed by atoms with van der Waals surface area (Å²) in [4.78, 5) is 29.6. The summed E-state index contributed by atoms with van der Waals surface area (Å²) >= 11 is 2.48. The number of carbonyl (C=O) groups is 2. The Hall–Kier alpha value is -2.12. The zero-order chi connectivity index (χ0) is 21.5. The molecule has 1 fully saturated rings. The number of ether oxygens (including phenoxy) is 1. The molecule has 1 saturated heterocycles. The number of hydrazine groups is 1. The average molecular weight is 458 g/mol. The fourth-order valence-electron chi connectivity index (χ4n) is 2.85. The standard InChI is InChI=1S/C18H21F2N5O3S2/c19-13-2-1-11(5-14(13)20)7-25-3-4-28-12(8-25)6-22-16(26)10-30-18-23-15(9-29-18)17(27)24-21/h1-2,5,9,12H,3-4,6-8,10,21H2,(H,22,26)(H,24,27)/t12-/m0/s1. The third kappa shape index (κ3) is 6.44. The Kier molecular flexibility index (Phi) is 8.10. The molecule has 0 spiro atoms. The summed E-state index contributed by atoms with van der Waals surface area (Å²) in [6.45, 7) is 2.54. The van der Waals surface area contributed by atoms with Gasteiger partial charge >= 0.3 is 0 Å². The molecule has 1 aliphatic heterocycles. The van der Waals surface area contributed by atoms with Crippen molar-refractivity contribution in [1.29, 1.82) is 0 Å². The van der Waals surface area contributed by atoms with E-state index in [2.05, 4.69) is 15.2 Å². The number of aromatic nitrogens is 1. The number of carbonyl (C=O) groups excluding carboxylic acids is 2. The van der Waals surface area contributed by atoms with Crippen LogP contribution in [-0.2, 0) is 16.1 Å². The van der Waals surface area contributed by atoms with Crippen LogP contribution in [0.15, 0.2) is 27.9 Å². The molecule has 1 aliphatic rings. The van der Waals surface area contributed by atoms with E-state index in [4.69, 9.17) is 10.6 Å². The van der Waals surface area contributed by atoms with Crippen LogP contribution in [0.3, 0.4) is 0 Å². The summed E-state index contributed by atoms with van der Waals surface area (Å²) in [5.74, 6) is 2.83. The minimum atomic E-state index is -0.865. The van der Waals surface area contributed by atoms with Crippen LogP contribution >= 0.6 is 23.1 Å². The molecule has 0 aliphatic carbocycles. The smallest absolute Gasteiger partial charge is 0.284 e. The number of hydrogen-bond acceptors (Lipinski definition) is 8. The van der Waals surface area contributed by atoms with Crippen LogP contribution in [0, 0.1) is 11.6 Å². The van der Waals surface area contributed by atoms with Gasteiger partial charge < -0.3 is 10.1 Å². The van der Waals surface area contributed by atoms with Gasteiger partial charge in [-0.05, 0) is 17.7 Å². The van der Waals surface area contributed by atoms with E-state index in [1.807, 2.05) is 5.43 Å². The molecule has 30 heavy (non-hydrogen) atoms. The minimum Gasteiger partial charge on any atom is -0.374 e. The molecule has 2 heterocycles. The Balaban J connectivity index is 1.40. The van der Waals surface area contributed by atoms with Crippen LogP contribution in [0.5, 0.6) is 0 Å². The second-order valence-corrected chi connectivity index (χ2v) is 8.62. The molecule has 1 atom stereocenters. The van der Waals surface area contributed by atoms with Gasteiger partial charge in [0.1, 0.15) is 5.69 Å². The zero-order valence-corrected chi connectivity index (χ0v) is 17.5. The van der Waals surface area contributed by atoms with Crippen molar-refractivity contribution in [3.8, 4) is 0 Å². The quantitative estimate of drug-likeness (QED) is 0.236. The lowest BCUT2D eigenvalue weighted by molar-refractivity contribution is -0.119. The molecule has 0 unspecified atom stereocenters. The van der Waals surface area contributed by atoms with Gasteiger partial charge in [-0.2, -0.15) is 0 Å². The van der Waals surface area contributed by atoms with E-state index < -0.39 is 17.5 Å². The Morgan fingerprint density at radius 3 is 2.97 bits per heavy atom. The van der Waals surface area contributed by atoms with Gasteiger partial charge in [-0.15, -0.1) is 11.3 Å². The molecular weight excluding hydrogens is 436 g/mol. The first-order valence-corrected chi connectivity index (χ1v) is 10.9. The van der Waals surface area contributed by atoms with E-state index in [1.54, 1.807) is 11.4 Å². The molecule has 1 aromatic heterocycles. The van der Waals surface area contributed by atoms with E-state index in [-0.39, 0.29) is 23.5 Å². The van der Waals surface area contributed by atoms with Crippen molar-refractivity contribution in [1.82, 2.24) is 20.6 Å². The molecule has 1 aromatic carbocycles. The molecule has 2 amide bonds. The van der Waals surface area contributed by atoms with E-state index in [0.717, 1.165) is 6.07 Å². The fraction of sp³-hybridized carbons (Fsp3) is 0.389. The fourth-order valence-corrected chi connectivity index (χ4v) is 4.49. The molecule has 3 rings (SSSR count). The van der Waals surface area contributed by atoms with Crippen molar-refractivity contribution in [2.24, 2.45) is 5.84 Å². The highest BCUT2D eigenvalue weighted by Crippen LogP contribution is 2.22. The van der Waals surface area contributed by atoms with Crippen molar-refractivity contribution >= 4 is 34.9 Å². The number of nitrogen functional groups attached to an aromatic ring is 1. The second-order valence-electron chi connectivity index (χ2n) is 6.54.